The average molecular weight is 855 g/mol. The van der Waals surface area contributed by atoms with E-state index in [-0.39, 0.29) is 44.0 Å². The summed E-state index contributed by atoms with van der Waals surface area (Å²) in [5, 5.41) is 5.06. The number of aryl methyl sites for hydroxylation is 1. The van der Waals surface area contributed by atoms with E-state index in [1.807, 2.05) is 11.6 Å². The van der Waals surface area contributed by atoms with Crippen molar-refractivity contribution in [2.75, 3.05) is 20.3 Å². The summed E-state index contributed by atoms with van der Waals surface area (Å²) in [6.45, 7) is 5.10. The minimum Gasteiger partial charge on any atom is -0.497 e. The number of rotatable bonds is 9. The van der Waals surface area contributed by atoms with E-state index < -0.39 is 92.6 Å². The fraction of sp³-hybridized carbons (Fsp3) is 0.641. The number of aromatic nitrogens is 2. The number of carbonyl (C=O) groups excluding carboxylic acids is 4. The number of allylic oxidation sites excluding steroid dienone is 1. The van der Waals surface area contributed by atoms with Gasteiger partial charge in [0.05, 0.1) is 24.7 Å². The van der Waals surface area contributed by atoms with Crippen LogP contribution in [0.5, 0.6) is 11.6 Å². The van der Waals surface area contributed by atoms with Gasteiger partial charge in [0.15, 0.2) is 0 Å². The molecule has 0 radical (unpaired) electrons. The van der Waals surface area contributed by atoms with Gasteiger partial charge in [0.25, 0.3) is 5.91 Å². The molecule has 6 rings (SSSR count). The largest absolute Gasteiger partial charge is 0.497 e. The number of hydrogen-bond donors (Lipinski definition) is 3. The van der Waals surface area contributed by atoms with Gasteiger partial charge in [-0.2, -0.15) is 13.2 Å². The molecule has 2 aromatic rings. The van der Waals surface area contributed by atoms with Crippen molar-refractivity contribution in [1.82, 2.24) is 30.2 Å². The van der Waals surface area contributed by atoms with Gasteiger partial charge in [-0.25, -0.2) is 27.6 Å². The van der Waals surface area contributed by atoms with Crippen LogP contribution in [0, 0.1) is 24.7 Å². The predicted octanol–water partition coefficient (Wildman–Crippen LogP) is 4.57. The number of benzene rings is 1. The van der Waals surface area contributed by atoms with Gasteiger partial charge < -0.3 is 29.7 Å². The Hall–Kier alpha value is -4.75. The van der Waals surface area contributed by atoms with Crippen molar-refractivity contribution >= 4 is 44.9 Å². The van der Waals surface area contributed by atoms with Gasteiger partial charge in [0, 0.05) is 18.4 Å². The van der Waals surface area contributed by atoms with Crippen LogP contribution in [0.4, 0.5) is 22.4 Å². The van der Waals surface area contributed by atoms with Crippen LogP contribution in [0.1, 0.15) is 78.3 Å². The molecule has 324 valence electrons. The van der Waals surface area contributed by atoms with E-state index >= 15 is 0 Å². The first kappa shape index (κ1) is 43.8. The number of carbonyl (C=O) groups is 4. The monoisotopic (exact) mass is 854 g/mol. The number of nitrogens with one attached hydrogen (secondary N) is 3. The van der Waals surface area contributed by atoms with Crippen LogP contribution >= 0.6 is 0 Å². The summed E-state index contributed by atoms with van der Waals surface area (Å²) >= 11 is 0. The van der Waals surface area contributed by atoms with Gasteiger partial charge >= 0.3 is 12.3 Å². The Balaban J connectivity index is 1.35. The van der Waals surface area contributed by atoms with Crippen molar-refractivity contribution in [3.63, 3.8) is 0 Å². The molecule has 59 heavy (non-hydrogen) atoms. The summed E-state index contributed by atoms with van der Waals surface area (Å²) in [4.78, 5) is 66.5. The average Bonchev–Trinajstić information content (AvgIpc) is 4.06. The predicted molar refractivity (Wildman–Crippen MR) is 204 cm³/mol. The van der Waals surface area contributed by atoms with Crippen LogP contribution in [0.15, 0.2) is 30.4 Å². The Morgan fingerprint density at radius 2 is 1.80 bits per heavy atom. The van der Waals surface area contributed by atoms with E-state index in [2.05, 4.69) is 20.6 Å². The molecule has 3 heterocycles. The Bertz CT molecular complexity index is 2130. The second kappa shape index (κ2) is 16.0. The van der Waals surface area contributed by atoms with Crippen molar-refractivity contribution < 1.29 is 59.4 Å². The highest BCUT2D eigenvalue weighted by molar-refractivity contribution is 7.91. The highest BCUT2D eigenvalue weighted by atomic mass is 32.2. The zero-order valence-electron chi connectivity index (χ0n) is 33.7. The molecule has 7 atom stereocenters. The Morgan fingerprint density at radius 3 is 2.44 bits per heavy atom. The lowest BCUT2D eigenvalue weighted by Crippen LogP contribution is -2.60. The first-order valence-electron chi connectivity index (χ1n) is 19.5. The number of nitrogens with zero attached hydrogens (tertiary/aromatic N) is 3. The molecule has 4 amide bonds. The molecule has 15 nitrogen and oxygen atoms in total. The summed E-state index contributed by atoms with van der Waals surface area (Å²) in [5.41, 5.74) is -3.34. The third-order valence-electron chi connectivity index (χ3n) is 11.9. The molecule has 3 N–H and O–H groups in total. The van der Waals surface area contributed by atoms with Crippen molar-refractivity contribution in [1.29, 1.82) is 0 Å². The van der Waals surface area contributed by atoms with Crippen LogP contribution in [0.25, 0.3) is 11.0 Å². The fourth-order valence-corrected chi connectivity index (χ4v) is 9.13. The minimum absolute atomic E-state index is 0.00801. The molecule has 0 bridgehead atoms. The smallest absolute Gasteiger partial charge is 0.427 e. The van der Waals surface area contributed by atoms with Gasteiger partial charge in [-0.3, -0.25) is 19.1 Å². The second-order valence-electron chi connectivity index (χ2n) is 16.8. The van der Waals surface area contributed by atoms with E-state index in [0.29, 0.717) is 55.6 Å². The third-order valence-corrected chi connectivity index (χ3v) is 14.0. The molecule has 4 aliphatic rings. The van der Waals surface area contributed by atoms with Gasteiger partial charge in [-0.1, -0.05) is 26.0 Å². The van der Waals surface area contributed by atoms with Crippen LogP contribution in [0.3, 0.4) is 0 Å². The van der Waals surface area contributed by atoms with Crippen LogP contribution in [0.2, 0.25) is 0 Å². The maximum Gasteiger partial charge on any atom is 0.427 e. The van der Waals surface area contributed by atoms with Crippen molar-refractivity contribution in [3.05, 3.63) is 36.0 Å². The number of halogens is 4. The molecule has 1 aromatic heterocycles. The highest BCUT2D eigenvalue weighted by Gasteiger charge is 2.64. The molecule has 2 aliphatic heterocycles. The second-order valence-corrected chi connectivity index (χ2v) is 18.9. The number of methoxy groups -OCH3 is 1. The highest BCUT2D eigenvalue weighted by Crippen LogP contribution is 2.48. The van der Waals surface area contributed by atoms with Gasteiger partial charge in [0.1, 0.15) is 46.6 Å². The summed E-state index contributed by atoms with van der Waals surface area (Å²) in [5.74, 6) is -3.49. The SMILES string of the molecule is COc1ccc2nc(OC3CC4C(=O)NC5(C(=O)NS(=O)(=O)C6(CF)CC6)CC5C=CCCC(C)CC(C)C(NC(=O)OC(C)(C)C(F)(F)F)C(=O)N4C3)c(C)nc2c1. The maximum absolute atomic E-state index is 14.7. The molecule has 1 saturated heterocycles. The van der Waals surface area contributed by atoms with E-state index in [1.54, 1.807) is 44.2 Å². The number of ether oxygens (including phenoxy) is 3. The normalized spacial score (nSPS) is 28.6. The van der Waals surface area contributed by atoms with Crippen molar-refractivity contribution in [3.8, 4) is 11.6 Å². The van der Waals surface area contributed by atoms with E-state index in [1.165, 1.54) is 7.11 Å². The number of amides is 4. The first-order valence-corrected chi connectivity index (χ1v) is 21.0. The topological polar surface area (TPSA) is 195 Å². The zero-order chi connectivity index (χ0) is 43.3. The minimum atomic E-state index is -4.93. The molecular weight excluding hydrogens is 805 g/mol. The number of alkyl halides is 4. The summed E-state index contributed by atoms with van der Waals surface area (Å²) in [6, 6.07) is 2.17. The summed E-state index contributed by atoms with van der Waals surface area (Å²) < 4.78 is 98.0. The third kappa shape index (κ3) is 8.92. The number of fused-ring (bicyclic) bond motifs is 3. The van der Waals surface area contributed by atoms with Gasteiger partial charge in [-0.05, 0) is 83.3 Å². The van der Waals surface area contributed by atoms with Gasteiger partial charge in [-0.15, -0.1) is 0 Å². The Labute approximate surface area is 339 Å². The van der Waals surface area contributed by atoms with Crippen molar-refractivity contribution in [2.24, 2.45) is 17.8 Å². The van der Waals surface area contributed by atoms with E-state index in [9.17, 15) is 45.2 Å². The summed E-state index contributed by atoms with van der Waals surface area (Å²) in [7, 11) is -2.96. The van der Waals surface area contributed by atoms with Crippen molar-refractivity contribution in [2.45, 2.75) is 120 Å². The maximum atomic E-state index is 14.7. The molecule has 7 unspecified atom stereocenters. The Kier molecular flexibility index (Phi) is 11.9. The molecule has 2 aliphatic carbocycles. The molecule has 1 aromatic carbocycles. The number of hydrogen-bond acceptors (Lipinski definition) is 11. The lowest BCUT2D eigenvalue weighted by atomic mass is 9.88. The fourth-order valence-electron chi connectivity index (χ4n) is 7.70. The summed E-state index contributed by atoms with van der Waals surface area (Å²) in [6.07, 6.45) is -2.57. The van der Waals surface area contributed by atoms with E-state index in [0.717, 1.165) is 4.90 Å². The molecule has 0 spiro atoms. The lowest BCUT2D eigenvalue weighted by molar-refractivity contribution is -0.244. The standard InChI is InChI=1S/C39H50F4N6O9S/c1-21-9-7-8-10-24-18-38(24,34(52)48-59(54,55)37(20-40)13-14-37)47-31(50)29-17-26(57-32-23(3)44-28-16-25(56-6)11-12-27(28)45-32)19-49(29)33(51)30(22(2)15-21)46-35(53)58-36(4,5)39(41,42)43/h8,10-12,16,21-22,24,26,29-30H,7,9,13-15,17-20H2,1-6H3,(H,46,53)(H,47,50)(H,48,52). The molecule has 2 saturated carbocycles. The Morgan fingerprint density at radius 1 is 1.08 bits per heavy atom. The lowest BCUT2D eigenvalue weighted by Gasteiger charge is -2.34. The zero-order valence-corrected chi connectivity index (χ0v) is 34.5. The quantitative estimate of drug-likeness (QED) is 0.236. The number of sulfonamides is 1. The number of alkyl carbamates (subject to hydrolysis) is 1. The first-order chi connectivity index (χ1) is 27.5. The van der Waals surface area contributed by atoms with Crippen LogP contribution in [-0.2, 0) is 29.1 Å². The van der Waals surface area contributed by atoms with E-state index in [4.69, 9.17) is 14.2 Å². The van der Waals surface area contributed by atoms with Crippen LogP contribution < -0.4 is 24.8 Å². The molecular formula is C39H50F4N6O9S. The van der Waals surface area contributed by atoms with Gasteiger partial charge in [0.2, 0.25) is 33.3 Å². The molecule has 3 fully saturated rings. The molecule has 20 heteroatoms. The van der Waals surface area contributed by atoms with Crippen LogP contribution in [-0.4, -0.2) is 108 Å².